The first-order valence-electron chi connectivity index (χ1n) is 4.75. The van der Waals surface area contributed by atoms with Gasteiger partial charge in [0.2, 0.25) is 0 Å². The van der Waals surface area contributed by atoms with Crippen molar-refractivity contribution in [1.29, 1.82) is 0 Å². The number of likely N-dealkylation sites (tertiary alicyclic amines) is 1. The molecule has 6 heteroatoms. The average molecular weight is 215 g/mol. The van der Waals surface area contributed by atoms with Gasteiger partial charge in [-0.2, -0.15) is 0 Å². The number of rotatable bonds is 2. The lowest BCUT2D eigenvalue weighted by molar-refractivity contribution is -0.152. The smallest absolute Gasteiger partial charge is 0.255 e. The summed E-state index contributed by atoms with van der Waals surface area (Å²) in [5, 5.41) is 27.8. The van der Waals surface area contributed by atoms with Crippen LogP contribution in [-0.4, -0.2) is 57.9 Å². The molecule has 84 valence electrons. The quantitative estimate of drug-likeness (QED) is 0.471. The molecule has 3 N–H and O–H groups in total. The van der Waals surface area contributed by atoms with Gasteiger partial charge < -0.3 is 20.1 Å². The number of nitrogens with zero attached hydrogens (tertiary/aromatic N) is 1. The van der Waals surface area contributed by atoms with E-state index >= 15 is 0 Å². The van der Waals surface area contributed by atoms with Gasteiger partial charge in [-0.3, -0.25) is 9.69 Å². The maximum Gasteiger partial charge on any atom is 0.255 e. The zero-order valence-electron chi connectivity index (χ0n) is 8.04. The number of carbonyl (C=O) groups excluding carboxylic acids is 1. The molecule has 0 aromatic rings. The predicted molar refractivity (Wildman–Crippen MR) is 48.4 cm³/mol. The van der Waals surface area contributed by atoms with E-state index in [9.17, 15) is 15.0 Å². The lowest BCUT2D eigenvalue weighted by atomic mass is 10.2. The molecule has 1 fully saturated rings. The Morgan fingerprint density at radius 2 is 2.27 bits per heavy atom. The zero-order valence-corrected chi connectivity index (χ0v) is 8.04. The first-order valence-corrected chi connectivity index (χ1v) is 4.75. The van der Waals surface area contributed by atoms with Gasteiger partial charge in [0.25, 0.3) is 5.91 Å². The van der Waals surface area contributed by atoms with Crippen LogP contribution in [0.25, 0.3) is 0 Å². The van der Waals surface area contributed by atoms with Crippen molar-refractivity contribution in [1.82, 2.24) is 4.90 Å². The molecule has 1 amide bonds. The molecule has 2 heterocycles. The highest BCUT2D eigenvalue weighted by molar-refractivity contribution is 5.83. The third kappa shape index (κ3) is 1.65. The Morgan fingerprint density at radius 1 is 1.53 bits per heavy atom. The SMILES string of the molecule is O=C1[C@H](O)C[C@@H](O)N1C1OCC=C1CO. The van der Waals surface area contributed by atoms with Gasteiger partial charge >= 0.3 is 0 Å². The Bertz CT molecular complexity index is 303. The molecule has 0 aromatic carbocycles. The standard InChI is InChI=1S/C9H13NO5/c11-4-5-1-2-15-9(5)10-7(13)3-6(12)8(10)14/h1,6-7,9,11-13H,2-4H2/t6-,7-,9?/m1/s1. The Hall–Kier alpha value is -0.950. The monoisotopic (exact) mass is 215 g/mol. The van der Waals surface area contributed by atoms with Crippen LogP contribution in [0.2, 0.25) is 0 Å². The molecule has 0 radical (unpaired) electrons. The van der Waals surface area contributed by atoms with Crippen molar-refractivity contribution < 1.29 is 24.9 Å². The van der Waals surface area contributed by atoms with Gasteiger partial charge in [0.15, 0.2) is 6.23 Å². The summed E-state index contributed by atoms with van der Waals surface area (Å²) in [7, 11) is 0. The third-order valence-corrected chi connectivity index (χ3v) is 2.65. The van der Waals surface area contributed by atoms with Crippen molar-refractivity contribution in [2.75, 3.05) is 13.2 Å². The van der Waals surface area contributed by atoms with Crippen LogP contribution in [0.4, 0.5) is 0 Å². The van der Waals surface area contributed by atoms with E-state index in [1.807, 2.05) is 0 Å². The summed E-state index contributed by atoms with van der Waals surface area (Å²) in [5.74, 6) is -0.561. The normalized spacial score (nSPS) is 36.2. The minimum Gasteiger partial charge on any atom is -0.392 e. The number of carbonyl (C=O) groups is 1. The molecule has 1 saturated heterocycles. The van der Waals surface area contributed by atoms with Crippen molar-refractivity contribution >= 4 is 5.91 Å². The number of hydrogen-bond acceptors (Lipinski definition) is 5. The van der Waals surface area contributed by atoms with E-state index in [4.69, 9.17) is 9.84 Å². The minimum absolute atomic E-state index is 0.0165. The van der Waals surface area contributed by atoms with Crippen molar-refractivity contribution in [3.8, 4) is 0 Å². The summed E-state index contributed by atoms with van der Waals surface area (Å²) in [4.78, 5) is 12.6. The van der Waals surface area contributed by atoms with E-state index in [1.54, 1.807) is 6.08 Å². The molecule has 0 spiro atoms. The van der Waals surface area contributed by atoms with Gasteiger partial charge in [-0.1, -0.05) is 6.08 Å². The summed E-state index contributed by atoms with van der Waals surface area (Å²) in [5.41, 5.74) is 0.538. The van der Waals surface area contributed by atoms with Crippen LogP contribution in [0, 0.1) is 0 Å². The van der Waals surface area contributed by atoms with Crippen molar-refractivity contribution in [2.45, 2.75) is 25.0 Å². The summed E-state index contributed by atoms with van der Waals surface area (Å²) >= 11 is 0. The molecule has 0 aliphatic carbocycles. The second-order valence-corrected chi connectivity index (χ2v) is 3.60. The van der Waals surface area contributed by atoms with Gasteiger partial charge in [-0.15, -0.1) is 0 Å². The van der Waals surface area contributed by atoms with E-state index < -0.39 is 24.5 Å². The van der Waals surface area contributed by atoms with Crippen LogP contribution in [0.3, 0.4) is 0 Å². The number of amides is 1. The molecule has 0 saturated carbocycles. The van der Waals surface area contributed by atoms with Crippen molar-refractivity contribution in [2.24, 2.45) is 0 Å². The largest absolute Gasteiger partial charge is 0.392 e. The number of aliphatic hydroxyl groups is 3. The van der Waals surface area contributed by atoms with Crippen LogP contribution in [0.15, 0.2) is 11.6 Å². The molecule has 2 aliphatic heterocycles. The molecular formula is C9H13NO5. The van der Waals surface area contributed by atoms with Crippen LogP contribution in [0.1, 0.15) is 6.42 Å². The third-order valence-electron chi connectivity index (χ3n) is 2.65. The first kappa shape index (κ1) is 10.6. The average Bonchev–Trinajstić information content (AvgIpc) is 2.73. The molecule has 0 bridgehead atoms. The molecule has 2 aliphatic rings. The van der Waals surface area contributed by atoms with E-state index in [-0.39, 0.29) is 13.0 Å². The fraction of sp³-hybridized carbons (Fsp3) is 0.667. The topological polar surface area (TPSA) is 90.2 Å². The summed E-state index contributed by atoms with van der Waals surface area (Å²) in [6, 6.07) is 0. The molecule has 1 unspecified atom stereocenters. The highest BCUT2D eigenvalue weighted by Gasteiger charge is 2.43. The maximum atomic E-state index is 11.5. The lowest BCUT2D eigenvalue weighted by Crippen LogP contribution is -2.44. The summed E-state index contributed by atoms with van der Waals surface area (Å²) in [6.07, 6.45) is -1.32. The summed E-state index contributed by atoms with van der Waals surface area (Å²) in [6.45, 7) is 0.0738. The second-order valence-electron chi connectivity index (χ2n) is 3.60. The lowest BCUT2D eigenvalue weighted by Gasteiger charge is -2.28. The number of aliphatic hydroxyl groups excluding tert-OH is 3. The molecule has 2 rings (SSSR count). The number of hydrogen-bond donors (Lipinski definition) is 3. The second kappa shape index (κ2) is 3.90. The van der Waals surface area contributed by atoms with Gasteiger partial charge in [0, 0.05) is 12.0 Å². The Kier molecular flexibility index (Phi) is 2.74. The van der Waals surface area contributed by atoms with E-state index in [1.165, 1.54) is 0 Å². The Balaban J connectivity index is 2.17. The van der Waals surface area contributed by atoms with Crippen LogP contribution in [-0.2, 0) is 9.53 Å². The molecular weight excluding hydrogens is 202 g/mol. The van der Waals surface area contributed by atoms with Gasteiger partial charge in [0.05, 0.1) is 13.2 Å². The fourth-order valence-corrected chi connectivity index (χ4v) is 1.86. The highest BCUT2D eigenvalue weighted by atomic mass is 16.5. The van der Waals surface area contributed by atoms with E-state index in [2.05, 4.69) is 0 Å². The van der Waals surface area contributed by atoms with Gasteiger partial charge in [-0.05, 0) is 0 Å². The molecule has 6 nitrogen and oxygen atoms in total. The van der Waals surface area contributed by atoms with Crippen LogP contribution >= 0.6 is 0 Å². The first-order chi connectivity index (χ1) is 7.15. The van der Waals surface area contributed by atoms with Crippen LogP contribution < -0.4 is 0 Å². The van der Waals surface area contributed by atoms with Crippen molar-refractivity contribution in [3.63, 3.8) is 0 Å². The maximum absolute atomic E-state index is 11.5. The minimum atomic E-state index is -1.18. The van der Waals surface area contributed by atoms with Crippen molar-refractivity contribution in [3.05, 3.63) is 11.6 Å². The van der Waals surface area contributed by atoms with E-state index in [0.29, 0.717) is 12.2 Å². The molecule has 15 heavy (non-hydrogen) atoms. The fourth-order valence-electron chi connectivity index (χ4n) is 1.86. The Morgan fingerprint density at radius 3 is 2.80 bits per heavy atom. The highest BCUT2D eigenvalue weighted by Crippen LogP contribution is 2.27. The molecule has 3 atom stereocenters. The Labute approximate surface area is 86.4 Å². The van der Waals surface area contributed by atoms with Gasteiger partial charge in [-0.25, -0.2) is 0 Å². The van der Waals surface area contributed by atoms with E-state index in [0.717, 1.165) is 4.90 Å². The molecule has 0 aromatic heterocycles. The number of ether oxygens (including phenoxy) is 1. The van der Waals surface area contributed by atoms with Gasteiger partial charge in [0.1, 0.15) is 12.3 Å². The summed E-state index contributed by atoms with van der Waals surface area (Å²) < 4.78 is 5.21. The predicted octanol–water partition coefficient (Wildman–Crippen LogP) is -1.83. The zero-order chi connectivity index (χ0) is 11.0. The van der Waals surface area contributed by atoms with Crippen LogP contribution in [0.5, 0.6) is 0 Å².